The Labute approximate surface area is 145 Å². The van der Waals surface area contributed by atoms with Crippen LogP contribution in [0.2, 0.25) is 0 Å². The second-order valence-corrected chi connectivity index (χ2v) is 6.64. The summed E-state index contributed by atoms with van der Waals surface area (Å²) >= 11 is 0. The highest BCUT2D eigenvalue weighted by Crippen LogP contribution is 2.14. The standard InChI is InChI=1S/C18H33N3O3/c1-3-15-12-10-8-6-4-5-7-9-11-13-16(22)20-18(19)21(2)14-17(23)24-15/h15H,3-14H2,1-2H3,(H2,19,20,22). The summed E-state index contributed by atoms with van der Waals surface area (Å²) in [6.45, 7) is 2.01. The minimum atomic E-state index is -0.343. The van der Waals surface area contributed by atoms with Crippen molar-refractivity contribution in [2.24, 2.45) is 0 Å². The highest BCUT2D eigenvalue weighted by Gasteiger charge is 2.17. The van der Waals surface area contributed by atoms with Gasteiger partial charge in [-0.1, -0.05) is 45.4 Å². The third-order valence-corrected chi connectivity index (χ3v) is 4.44. The van der Waals surface area contributed by atoms with E-state index in [0.717, 1.165) is 32.1 Å². The smallest absolute Gasteiger partial charge is 0.325 e. The van der Waals surface area contributed by atoms with E-state index < -0.39 is 0 Å². The fourth-order valence-electron chi connectivity index (χ4n) is 2.85. The Balaban J connectivity index is 2.55. The first-order valence-electron chi connectivity index (χ1n) is 9.32. The lowest BCUT2D eigenvalue weighted by Crippen LogP contribution is -2.44. The lowest BCUT2D eigenvalue weighted by Gasteiger charge is -2.22. The van der Waals surface area contributed by atoms with Gasteiger partial charge in [-0.2, -0.15) is 0 Å². The van der Waals surface area contributed by atoms with E-state index in [4.69, 9.17) is 10.1 Å². The van der Waals surface area contributed by atoms with Crippen molar-refractivity contribution in [3.05, 3.63) is 0 Å². The Morgan fingerprint density at radius 1 is 1.08 bits per heavy atom. The van der Waals surface area contributed by atoms with E-state index >= 15 is 0 Å². The Bertz CT molecular complexity index is 412. The van der Waals surface area contributed by atoms with Crippen LogP contribution in [0.4, 0.5) is 0 Å². The van der Waals surface area contributed by atoms with Crippen LogP contribution in [0.3, 0.4) is 0 Å². The molecule has 1 unspecified atom stereocenters. The van der Waals surface area contributed by atoms with Gasteiger partial charge in [0.25, 0.3) is 0 Å². The third kappa shape index (κ3) is 8.89. The zero-order chi connectivity index (χ0) is 17.8. The summed E-state index contributed by atoms with van der Waals surface area (Å²) in [6.07, 6.45) is 11.1. The third-order valence-electron chi connectivity index (χ3n) is 4.44. The normalized spacial score (nSPS) is 23.8. The summed E-state index contributed by atoms with van der Waals surface area (Å²) in [4.78, 5) is 25.2. The van der Waals surface area contributed by atoms with Crippen LogP contribution >= 0.6 is 0 Å². The van der Waals surface area contributed by atoms with Crippen LogP contribution < -0.4 is 5.32 Å². The summed E-state index contributed by atoms with van der Waals surface area (Å²) < 4.78 is 5.50. The van der Waals surface area contributed by atoms with Gasteiger partial charge in [0.05, 0.1) is 0 Å². The van der Waals surface area contributed by atoms with Crippen LogP contribution in [0.5, 0.6) is 0 Å². The molecule has 2 N–H and O–H groups in total. The summed E-state index contributed by atoms with van der Waals surface area (Å²) in [7, 11) is 1.61. The fraction of sp³-hybridized carbons (Fsp3) is 0.833. The van der Waals surface area contributed by atoms with E-state index in [9.17, 15) is 9.59 Å². The lowest BCUT2D eigenvalue weighted by atomic mass is 10.0. The first-order chi connectivity index (χ1) is 11.5. The number of likely N-dealkylation sites (N-methyl/N-ethyl adjacent to an activating group) is 1. The largest absolute Gasteiger partial charge is 0.461 e. The van der Waals surface area contributed by atoms with Gasteiger partial charge in [0.2, 0.25) is 5.91 Å². The molecule has 1 rings (SSSR count). The molecule has 0 spiro atoms. The molecule has 0 aliphatic carbocycles. The van der Waals surface area contributed by atoms with Crippen molar-refractivity contribution in [3.8, 4) is 0 Å². The van der Waals surface area contributed by atoms with E-state index in [1.54, 1.807) is 7.05 Å². The molecule has 0 bridgehead atoms. The molecule has 0 radical (unpaired) electrons. The van der Waals surface area contributed by atoms with Gasteiger partial charge in [0.1, 0.15) is 12.6 Å². The zero-order valence-electron chi connectivity index (χ0n) is 15.2. The molecular weight excluding hydrogens is 306 g/mol. The Morgan fingerprint density at radius 2 is 1.67 bits per heavy atom. The predicted molar refractivity (Wildman–Crippen MR) is 94.8 cm³/mol. The molecule has 1 amide bonds. The highest BCUT2D eigenvalue weighted by molar-refractivity contribution is 5.96. The number of carbonyl (C=O) groups excluding carboxylic acids is 2. The van der Waals surface area contributed by atoms with E-state index in [0.29, 0.717) is 6.42 Å². The molecule has 1 fully saturated rings. The van der Waals surface area contributed by atoms with Gasteiger partial charge in [-0.25, -0.2) is 0 Å². The number of nitrogens with one attached hydrogen (secondary N) is 2. The first kappa shape index (κ1) is 20.5. The average Bonchev–Trinajstić information content (AvgIpc) is 2.54. The molecular formula is C18H33N3O3. The van der Waals surface area contributed by atoms with Gasteiger partial charge in [0.15, 0.2) is 5.96 Å². The molecule has 0 aromatic rings. The average molecular weight is 339 g/mol. The van der Waals surface area contributed by atoms with E-state index in [1.165, 1.54) is 37.0 Å². The predicted octanol–water partition coefficient (Wildman–Crippen LogP) is 3.21. The van der Waals surface area contributed by atoms with Crippen molar-refractivity contribution in [3.63, 3.8) is 0 Å². The number of nitrogens with zero attached hydrogens (tertiary/aromatic N) is 1. The number of carbonyl (C=O) groups is 2. The maximum Gasteiger partial charge on any atom is 0.325 e. The number of amides is 1. The van der Waals surface area contributed by atoms with Crippen molar-refractivity contribution in [2.45, 2.75) is 83.7 Å². The minimum absolute atomic E-state index is 0.0182. The number of guanidine groups is 1. The van der Waals surface area contributed by atoms with Crippen LogP contribution in [0.1, 0.15) is 77.6 Å². The van der Waals surface area contributed by atoms with Crippen molar-refractivity contribution in [2.75, 3.05) is 13.6 Å². The monoisotopic (exact) mass is 339 g/mol. The Hall–Kier alpha value is -1.59. The van der Waals surface area contributed by atoms with Crippen LogP contribution in [-0.4, -0.2) is 42.4 Å². The van der Waals surface area contributed by atoms with E-state index in [1.807, 2.05) is 6.92 Å². The van der Waals surface area contributed by atoms with Gasteiger partial charge in [-0.15, -0.1) is 0 Å². The van der Waals surface area contributed by atoms with Gasteiger partial charge in [-0.3, -0.25) is 20.3 Å². The molecule has 0 saturated carbocycles. The molecule has 1 atom stereocenters. The molecule has 1 aliphatic heterocycles. The number of esters is 1. The molecule has 24 heavy (non-hydrogen) atoms. The van der Waals surface area contributed by atoms with Crippen LogP contribution in [0, 0.1) is 5.41 Å². The first-order valence-corrected chi connectivity index (χ1v) is 9.32. The van der Waals surface area contributed by atoms with Gasteiger partial charge < -0.3 is 9.64 Å². The number of ether oxygens (including phenoxy) is 1. The zero-order valence-corrected chi connectivity index (χ0v) is 15.2. The van der Waals surface area contributed by atoms with Gasteiger partial charge in [0, 0.05) is 13.5 Å². The van der Waals surface area contributed by atoms with Gasteiger partial charge >= 0.3 is 5.97 Å². The molecule has 1 saturated heterocycles. The summed E-state index contributed by atoms with van der Waals surface area (Å²) in [5.41, 5.74) is 0. The Morgan fingerprint density at radius 3 is 2.29 bits per heavy atom. The van der Waals surface area contributed by atoms with Crippen molar-refractivity contribution in [1.82, 2.24) is 10.2 Å². The number of rotatable bonds is 1. The topological polar surface area (TPSA) is 82.5 Å². The van der Waals surface area contributed by atoms with Crippen molar-refractivity contribution >= 4 is 17.8 Å². The fourth-order valence-corrected chi connectivity index (χ4v) is 2.85. The van der Waals surface area contributed by atoms with E-state index in [-0.39, 0.29) is 30.5 Å². The SMILES string of the molecule is CCC1CCCCCCCCCCC(=O)NC(=N)N(C)CC(=O)O1. The molecule has 6 heteroatoms. The van der Waals surface area contributed by atoms with Gasteiger partial charge in [-0.05, 0) is 25.7 Å². The second kappa shape index (κ2) is 11.9. The molecule has 6 nitrogen and oxygen atoms in total. The minimum Gasteiger partial charge on any atom is -0.461 e. The maximum atomic E-state index is 12.0. The Kier molecular flexibility index (Phi) is 10.1. The number of hydrogen-bond acceptors (Lipinski definition) is 4. The number of cyclic esters (lactones) is 1. The lowest BCUT2D eigenvalue weighted by molar-refractivity contribution is -0.149. The summed E-state index contributed by atoms with van der Waals surface area (Å²) in [5, 5.41) is 10.4. The van der Waals surface area contributed by atoms with Crippen molar-refractivity contribution in [1.29, 1.82) is 5.41 Å². The maximum absolute atomic E-state index is 12.0. The second-order valence-electron chi connectivity index (χ2n) is 6.64. The van der Waals surface area contributed by atoms with Crippen molar-refractivity contribution < 1.29 is 14.3 Å². The molecule has 138 valence electrons. The molecule has 0 aromatic carbocycles. The van der Waals surface area contributed by atoms with Crippen LogP contribution in [0.25, 0.3) is 0 Å². The van der Waals surface area contributed by atoms with Crippen LogP contribution in [0.15, 0.2) is 0 Å². The van der Waals surface area contributed by atoms with Crippen LogP contribution in [-0.2, 0) is 14.3 Å². The highest BCUT2D eigenvalue weighted by atomic mass is 16.5. The van der Waals surface area contributed by atoms with E-state index in [2.05, 4.69) is 5.32 Å². The summed E-state index contributed by atoms with van der Waals surface area (Å²) in [6, 6.07) is 0. The number of hydrogen-bond donors (Lipinski definition) is 2. The summed E-state index contributed by atoms with van der Waals surface area (Å²) in [5.74, 6) is -0.552. The molecule has 1 aliphatic rings. The molecule has 0 aromatic heterocycles. The quantitative estimate of drug-likeness (QED) is 0.719. The molecule has 1 heterocycles.